The average Bonchev–Trinajstić information content (AvgIpc) is 3.17. The number of hydrogen-bond donors (Lipinski definition) is 3. The van der Waals surface area contributed by atoms with E-state index < -0.39 is 5.60 Å². The van der Waals surface area contributed by atoms with Gasteiger partial charge in [-0.1, -0.05) is 6.07 Å². The lowest BCUT2D eigenvalue weighted by Gasteiger charge is -2.33. The van der Waals surface area contributed by atoms with Gasteiger partial charge in [-0.25, -0.2) is 4.79 Å². The Kier molecular flexibility index (Phi) is 4.70. The second kappa shape index (κ2) is 6.56. The standard InChI is InChI=1S/C16H24N2O3S/c1-16(20,14-6-3-9-22-14)10-17-15(19)18-12-4-2-5-13-11(12)7-8-21-13/h3,6,9,11-13,20H,2,4-5,7-8,10H2,1H3,(H2,17,18,19). The second-order valence-corrected chi connectivity index (χ2v) is 7.43. The molecule has 3 rings (SSSR count). The van der Waals surface area contributed by atoms with Crippen LogP contribution in [0.4, 0.5) is 4.79 Å². The summed E-state index contributed by atoms with van der Waals surface area (Å²) in [6.45, 7) is 2.74. The molecule has 22 heavy (non-hydrogen) atoms. The molecule has 1 saturated heterocycles. The van der Waals surface area contributed by atoms with E-state index >= 15 is 0 Å². The molecule has 5 nitrogen and oxygen atoms in total. The number of carbonyl (C=O) groups excluding carboxylic acids is 1. The van der Waals surface area contributed by atoms with Gasteiger partial charge in [-0.15, -0.1) is 11.3 Å². The van der Waals surface area contributed by atoms with E-state index in [0.29, 0.717) is 12.0 Å². The first-order valence-electron chi connectivity index (χ1n) is 7.98. The van der Waals surface area contributed by atoms with Crippen LogP contribution in [0, 0.1) is 5.92 Å². The number of urea groups is 1. The molecule has 2 aliphatic rings. The molecule has 1 aromatic rings. The van der Waals surface area contributed by atoms with Crippen LogP contribution >= 0.6 is 11.3 Å². The van der Waals surface area contributed by atoms with Crippen LogP contribution in [0.25, 0.3) is 0 Å². The second-order valence-electron chi connectivity index (χ2n) is 6.48. The molecule has 1 aliphatic carbocycles. The summed E-state index contributed by atoms with van der Waals surface area (Å²) in [7, 11) is 0. The fourth-order valence-corrected chi connectivity index (χ4v) is 4.29. The van der Waals surface area contributed by atoms with Crippen LogP contribution in [0.5, 0.6) is 0 Å². The number of thiophene rings is 1. The molecular weight excluding hydrogens is 300 g/mol. The quantitative estimate of drug-likeness (QED) is 0.795. The van der Waals surface area contributed by atoms with E-state index in [-0.39, 0.29) is 18.6 Å². The Labute approximate surface area is 135 Å². The van der Waals surface area contributed by atoms with Gasteiger partial charge in [-0.3, -0.25) is 0 Å². The molecule has 0 spiro atoms. The predicted molar refractivity (Wildman–Crippen MR) is 85.9 cm³/mol. The van der Waals surface area contributed by atoms with Crippen molar-refractivity contribution in [3.63, 3.8) is 0 Å². The number of amides is 2. The summed E-state index contributed by atoms with van der Waals surface area (Å²) in [5, 5.41) is 18.2. The minimum atomic E-state index is -1.03. The first kappa shape index (κ1) is 15.8. The lowest BCUT2D eigenvalue weighted by molar-refractivity contribution is 0.0527. The fourth-order valence-electron chi connectivity index (χ4n) is 3.50. The molecule has 2 fully saturated rings. The number of rotatable bonds is 4. The third-order valence-electron chi connectivity index (χ3n) is 4.74. The first-order chi connectivity index (χ1) is 10.6. The summed E-state index contributed by atoms with van der Waals surface area (Å²) in [5.41, 5.74) is -1.03. The molecule has 1 saturated carbocycles. The Morgan fingerprint density at radius 1 is 1.50 bits per heavy atom. The molecule has 1 aliphatic heterocycles. The minimum absolute atomic E-state index is 0.188. The van der Waals surface area contributed by atoms with Gasteiger partial charge in [0.25, 0.3) is 0 Å². The smallest absolute Gasteiger partial charge is 0.315 e. The fraction of sp³-hybridized carbons (Fsp3) is 0.688. The molecular formula is C16H24N2O3S. The molecule has 4 unspecified atom stereocenters. The maximum atomic E-state index is 12.1. The average molecular weight is 324 g/mol. The van der Waals surface area contributed by atoms with Crippen molar-refractivity contribution in [2.45, 2.75) is 50.4 Å². The maximum absolute atomic E-state index is 12.1. The summed E-state index contributed by atoms with van der Waals surface area (Å²) in [5.74, 6) is 0.442. The van der Waals surface area contributed by atoms with Crippen molar-refractivity contribution < 1.29 is 14.6 Å². The Morgan fingerprint density at radius 3 is 3.14 bits per heavy atom. The maximum Gasteiger partial charge on any atom is 0.315 e. The largest absolute Gasteiger partial charge is 0.383 e. The molecule has 4 atom stereocenters. The van der Waals surface area contributed by atoms with Crippen LogP contribution in [-0.4, -0.2) is 36.4 Å². The van der Waals surface area contributed by atoms with Gasteiger partial charge >= 0.3 is 6.03 Å². The van der Waals surface area contributed by atoms with Crippen molar-refractivity contribution in [3.05, 3.63) is 22.4 Å². The number of aliphatic hydroxyl groups is 1. The van der Waals surface area contributed by atoms with Crippen LogP contribution in [0.3, 0.4) is 0 Å². The molecule has 0 aromatic carbocycles. The van der Waals surface area contributed by atoms with Crippen LogP contribution in [0.2, 0.25) is 0 Å². The van der Waals surface area contributed by atoms with Crippen molar-refractivity contribution in [3.8, 4) is 0 Å². The zero-order chi connectivity index (χ0) is 15.6. The van der Waals surface area contributed by atoms with Crippen LogP contribution < -0.4 is 10.6 Å². The first-order valence-corrected chi connectivity index (χ1v) is 8.86. The lowest BCUT2D eigenvalue weighted by atomic mass is 9.82. The zero-order valence-corrected chi connectivity index (χ0v) is 13.7. The van der Waals surface area contributed by atoms with Crippen molar-refractivity contribution in [1.29, 1.82) is 0 Å². The van der Waals surface area contributed by atoms with E-state index in [2.05, 4.69) is 10.6 Å². The number of fused-ring (bicyclic) bond motifs is 1. The minimum Gasteiger partial charge on any atom is -0.383 e. The van der Waals surface area contributed by atoms with Gasteiger partial charge < -0.3 is 20.5 Å². The molecule has 0 bridgehead atoms. The summed E-state index contributed by atoms with van der Waals surface area (Å²) in [6.07, 6.45) is 4.56. The molecule has 3 N–H and O–H groups in total. The summed E-state index contributed by atoms with van der Waals surface area (Å²) in [6, 6.07) is 3.77. The summed E-state index contributed by atoms with van der Waals surface area (Å²) < 4.78 is 5.72. The van der Waals surface area contributed by atoms with E-state index in [1.54, 1.807) is 6.92 Å². The zero-order valence-electron chi connectivity index (χ0n) is 12.9. The summed E-state index contributed by atoms with van der Waals surface area (Å²) in [4.78, 5) is 13.0. The van der Waals surface area contributed by atoms with Gasteiger partial charge in [-0.2, -0.15) is 0 Å². The van der Waals surface area contributed by atoms with Crippen LogP contribution in [0.1, 0.15) is 37.5 Å². The van der Waals surface area contributed by atoms with Gasteiger partial charge in [0.2, 0.25) is 0 Å². The Balaban J connectivity index is 1.50. The Hall–Kier alpha value is -1.11. The highest BCUT2D eigenvalue weighted by Crippen LogP contribution is 2.34. The van der Waals surface area contributed by atoms with Gasteiger partial charge in [0.05, 0.1) is 12.6 Å². The SMILES string of the molecule is CC(O)(CNC(=O)NC1CCCC2OCCC12)c1cccs1. The van der Waals surface area contributed by atoms with E-state index in [9.17, 15) is 9.90 Å². The number of ether oxygens (including phenoxy) is 1. The molecule has 6 heteroatoms. The lowest BCUT2D eigenvalue weighted by Crippen LogP contribution is -2.51. The third-order valence-corrected chi connectivity index (χ3v) is 5.87. The van der Waals surface area contributed by atoms with Crippen molar-refractivity contribution in [1.82, 2.24) is 10.6 Å². The summed E-state index contributed by atoms with van der Waals surface area (Å²) >= 11 is 1.49. The van der Waals surface area contributed by atoms with E-state index in [4.69, 9.17) is 4.74 Å². The van der Waals surface area contributed by atoms with E-state index in [1.807, 2.05) is 17.5 Å². The Morgan fingerprint density at radius 2 is 2.36 bits per heavy atom. The highest BCUT2D eigenvalue weighted by Gasteiger charge is 2.38. The van der Waals surface area contributed by atoms with Crippen molar-refractivity contribution >= 4 is 17.4 Å². The topological polar surface area (TPSA) is 70.6 Å². The Bertz CT molecular complexity index is 503. The van der Waals surface area contributed by atoms with E-state index in [1.165, 1.54) is 11.3 Å². The van der Waals surface area contributed by atoms with E-state index in [0.717, 1.165) is 37.2 Å². The molecule has 2 heterocycles. The molecule has 122 valence electrons. The number of nitrogens with one attached hydrogen (secondary N) is 2. The van der Waals surface area contributed by atoms with Gasteiger partial charge in [0.15, 0.2) is 0 Å². The normalized spacial score (nSPS) is 30.4. The van der Waals surface area contributed by atoms with Crippen LogP contribution in [0.15, 0.2) is 17.5 Å². The van der Waals surface area contributed by atoms with Gasteiger partial charge in [-0.05, 0) is 44.1 Å². The molecule has 0 radical (unpaired) electrons. The van der Waals surface area contributed by atoms with Crippen molar-refractivity contribution in [2.24, 2.45) is 5.92 Å². The highest BCUT2D eigenvalue weighted by atomic mass is 32.1. The number of carbonyl (C=O) groups is 1. The molecule has 1 aromatic heterocycles. The molecule has 2 amide bonds. The monoisotopic (exact) mass is 324 g/mol. The van der Waals surface area contributed by atoms with Gasteiger partial charge in [0, 0.05) is 23.4 Å². The number of hydrogen-bond acceptors (Lipinski definition) is 4. The third kappa shape index (κ3) is 3.45. The highest BCUT2D eigenvalue weighted by molar-refractivity contribution is 7.10. The van der Waals surface area contributed by atoms with Crippen molar-refractivity contribution in [2.75, 3.05) is 13.2 Å². The van der Waals surface area contributed by atoms with Gasteiger partial charge in [0.1, 0.15) is 5.60 Å². The predicted octanol–water partition coefficient (Wildman–Crippen LogP) is 2.21. The van der Waals surface area contributed by atoms with Crippen LogP contribution in [-0.2, 0) is 10.3 Å².